The molecule has 0 unspecified atom stereocenters. The Balaban J connectivity index is 1.47. The van der Waals surface area contributed by atoms with Gasteiger partial charge in [0.2, 0.25) is 0 Å². The lowest BCUT2D eigenvalue weighted by Crippen LogP contribution is -2.02. The quantitative estimate of drug-likeness (QED) is 0.0626. The minimum absolute atomic E-state index is 0.0304. The Bertz CT molecular complexity index is 1320. The van der Waals surface area contributed by atoms with Gasteiger partial charge in [-0.3, -0.25) is 14.7 Å². The van der Waals surface area contributed by atoms with Crippen molar-refractivity contribution in [2.24, 2.45) is 0 Å². The van der Waals surface area contributed by atoms with Crippen LogP contribution in [0.15, 0.2) is 47.4 Å². The summed E-state index contributed by atoms with van der Waals surface area (Å²) >= 11 is 0. The SMILES string of the molecule is CCCCCCCCCCCCCCCCCCn1c(-c2cccc([N+](=O)[O-])c2)nc2cc(S(=O)(=O)O)ccc21. The number of non-ortho nitro benzene ring substituents is 1. The summed E-state index contributed by atoms with van der Waals surface area (Å²) in [5.74, 6) is 0.548. The molecule has 1 heterocycles. The number of fused-ring (bicyclic) bond motifs is 1. The molecule has 220 valence electrons. The number of nitro groups is 1. The maximum absolute atomic E-state index is 11.6. The molecule has 3 rings (SSSR count). The summed E-state index contributed by atoms with van der Waals surface area (Å²) in [6, 6.07) is 10.6. The molecule has 0 saturated carbocycles. The summed E-state index contributed by atoms with van der Waals surface area (Å²) in [6.07, 6.45) is 20.6. The van der Waals surface area contributed by atoms with Gasteiger partial charge in [-0.15, -0.1) is 0 Å². The van der Waals surface area contributed by atoms with Crippen LogP contribution in [-0.4, -0.2) is 27.4 Å². The zero-order chi connectivity index (χ0) is 28.8. The molecule has 0 bridgehead atoms. The zero-order valence-electron chi connectivity index (χ0n) is 23.9. The van der Waals surface area contributed by atoms with Crippen LogP contribution < -0.4 is 0 Å². The third kappa shape index (κ3) is 10.0. The zero-order valence-corrected chi connectivity index (χ0v) is 24.7. The molecular formula is C31H45N3O5S. The molecular weight excluding hydrogens is 526 g/mol. The van der Waals surface area contributed by atoms with Crippen LogP contribution in [0.5, 0.6) is 0 Å². The fourth-order valence-electron chi connectivity index (χ4n) is 5.29. The number of benzene rings is 2. The van der Waals surface area contributed by atoms with Crippen molar-refractivity contribution in [1.29, 1.82) is 0 Å². The normalized spacial score (nSPS) is 11.8. The van der Waals surface area contributed by atoms with E-state index in [1.165, 1.54) is 108 Å². The van der Waals surface area contributed by atoms with Gasteiger partial charge in [0.05, 0.1) is 20.9 Å². The summed E-state index contributed by atoms with van der Waals surface area (Å²) in [6.45, 7) is 2.93. The average Bonchev–Trinajstić information content (AvgIpc) is 3.30. The van der Waals surface area contributed by atoms with Crippen LogP contribution in [0.25, 0.3) is 22.4 Å². The van der Waals surface area contributed by atoms with Gasteiger partial charge in [0.1, 0.15) is 5.82 Å². The van der Waals surface area contributed by atoms with Crippen LogP contribution in [-0.2, 0) is 16.7 Å². The van der Waals surface area contributed by atoms with Gasteiger partial charge in [0, 0.05) is 24.2 Å². The summed E-state index contributed by atoms with van der Waals surface area (Å²) in [5.41, 5.74) is 1.72. The van der Waals surface area contributed by atoms with Gasteiger partial charge in [-0.2, -0.15) is 8.42 Å². The lowest BCUT2D eigenvalue weighted by Gasteiger charge is -2.10. The molecule has 40 heavy (non-hydrogen) atoms. The Morgan fingerprint density at radius 3 is 1.88 bits per heavy atom. The van der Waals surface area contributed by atoms with E-state index in [1.54, 1.807) is 18.2 Å². The molecule has 0 amide bonds. The van der Waals surface area contributed by atoms with Gasteiger partial charge in [-0.25, -0.2) is 4.98 Å². The van der Waals surface area contributed by atoms with E-state index in [0.29, 0.717) is 23.4 Å². The first-order valence-corrected chi connectivity index (χ1v) is 16.5. The van der Waals surface area contributed by atoms with Crippen LogP contribution in [0, 0.1) is 10.1 Å². The van der Waals surface area contributed by atoms with Crippen LogP contribution in [0.2, 0.25) is 0 Å². The molecule has 0 atom stereocenters. The monoisotopic (exact) mass is 571 g/mol. The van der Waals surface area contributed by atoms with E-state index in [9.17, 15) is 23.1 Å². The van der Waals surface area contributed by atoms with Gasteiger partial charge in [0.25, 0.3) is 15.8 Å². The molecule has 0 aliphatic rings. The van der Waals surface area contributed by atoms with Gasteiger partial charge in [-0.1, -0.05) is 115 Å². The van der Waals surface area contributed by atoms with E-state index in [2.05, 4.69) is 11.9 Å². The average molecular weight is 572 g/mol. The topological polar surface area (TPSA) is 115 Å². The van der Waals surface area contributed by atoms with E-state index in [4.69, 9.17) is 0 Å². The second-order valence-electron chi connectivity index (χ2n) is 10.8. The van der Waals surface area contributed by atoms with E-state index in [0.717, 1.165) is 24.8 Å². The summed E-state index contributed by atoms with van der Waals surface area (Å²) < 4.78 is 34.7. The van der Waals surface area contributed by atoms with Crippen LogP contribution >= 0.6 is 0 Å². The second-order valence-corrected chi connectivity index (χ2v) is 12.2. The maximum atomic E-state index is 11.6. The fraction of sp³-hybridized carbons (Fsp3) is 0.581. The molecule has 3 aromatic rings. The summed E-state index contributed by atoms with van der Waals surface area (Å²) in [7, 11) is -4.36. The van der Waals surface area contributed by atoms with Crippen molar-refractivity contribution < 1.29 is 17.9 Å². The first-order valence-electron chi connectivity index (χ1n) is 15.0. The van der Waals surface area contributed by atoms with Gasteiger partial charge < -0.3 is 4.57 Å². The van der Waals surface area contributed by atoms with Crippen molar-refractivity contribution in [3.8, 4) is 11.4 Å². The van der Waals surface area contributed by atoms with E-state index in [-0.39, 0.29) is 10.6 Å². The number of rotatable bonds is 20. The Kier molecular flexibility index (Phi) is 13.1. The van der Waals surface area contributed by atoms with Crippen molar-refractivity contribution in [3.05, 3.63) is 52.6 Å². The molecule has 0 aliphatic heterocycles. The van der Waals surface area contributed by atoms with Crippen molar-refractivity contribution in [3.63, 3.8) is 0 Å². The largest absolute Gasteiger partial charge is 0.324 e. The fourth-order valence-corrected chi connectivity index (χ4v) is 5.79. The third-order valence-electron chi connectivity index (χ3n) is 7.57. The standard InChI is InChI=1S/C31H45N3O5S/c1-2-3-4-5-6-7-8-9-10-11-12-13-14-15-16-17-23-33-30-22-21-28(40(37,38)39)25-29(30)32-31(33)26-19-18-20-27(24-26)34(35)36/h18-22,24-25H,2-17,23H2,1H3,(H,37,38,39). The molecule has 9 heteroatoms. The molecule has 0 fully saturated rings. The number of hydrogen-bond donors (Lipinski definition) is 1. The predicted molar refractivity (Wildman–Crippen MR) is 161 cm³/mol. The minimum atomic E-state index is -4.36. The highest BCUT2D eigenvalue weighted by Crippen LogP contribution is 2.29. The number of imidazole rings is 1. The number of aryl methyl sites for hydroxylation is 1. The van der Waals surface area contributed by atoms with Crippen LogP contribution in [0.3, 0.4) is 0 Å². The van der Waals surface area contributed by atoms with E-state index in [1.807, 2.05) is 4.57 Å². The van der Waals surface area contributed by atoms with Crippen LogP contribution in [0.4, 0.5) is 5.69 Å². The predicted octanol–water partition coefficient (Wildman–Crippen LogP) is 9.12. The van der Waals surface area contributed by atoms with E-state index >= 15 is 0 Å². The molecule has 0 saturated heterocycles. The molecule has 1 N–H and O–H groups in total. The van der Waals surface area contributed by atoms with Gasteiger partial charge >= 0.3 is 0 Å². The Morgan fingerprint density at radius 2 is 1.35 bits per heavy atom. The maximum Gasteiger partial charge on any atom is 0.294 e. The highest BCUT2D eigenvalue weighted by Gasteiger charge is 2.18. The highest BCUT2D eigenvalue weighted by atomic mass is 32.2. The molecule has 8 nitrogen and oxygen atoms in total. The molecule has 0 aliphatic carbocycles. The molecule has 2 aromatic carbocycles. The van der Waals surface area contributed by atoms with E-state index < -0.39 is 15.0 Å². The van der Waals surface area contributed by atoms with Crippen molar-refractivity contribution in [2.75, 3.05) is 0 Å². The molecule has 0 radical (unpaired) electrons. The second kappa shape index (κ2) is 16.5. The van der Waals surface area contributed by atoms with Crippen molar-refractivity contribution in [2.45, 2.75) is 121 Å². The number of aromatic nitrogens is 2. The summed E-state index contributed by atoms with van der Waals surface area (Å²) in [4.78, 5) is 15.3. The lowest BCUT2D eigenvalue weighted by atomic mass is 10.0. The Morgan fingerprint density at radius 1 is 0.800 bits per heavy atom. The Labute approximate surface area is 239 Å². The summed E-state index contributed by atoms with van der Waals surface area (Å²) in [5, 5.41) is 11.3. The van der Waals surface area contributed by atoms with Crippen molar-refractivity contribution in [1.82, 2.24) is 9.55 Å². The first kappa shape index (κ1) is 31.7. The number of hydrogen-bond acceptors (Lipinski definition) is 5. The first-order chi connectivity index (χ1) is 19.3. The highest BCUT2D eigenvalue weighted by molar-refractivity contribution is 7.85. The number of nitrogens with zero attached hydrogens (tertiary/aromatic N) is 3. The van der Waals surface area contributed by atoms with Gasteiger partial charge in [-0.05, 0) is 24.6 Å². The smallest absolute Gasteiger partial charge is 0.294 e. The number of nitro benzene ring substituents is 1. The Hall–Kier alpha value is -2.78. The molecule has 1 aromatic heterocycles. The molecule has 0 spiro atoms. The third-order valence-corrected chi connectivity index (χ3v) is 8.42. The minimum Gasteiger partial charge on any atom is -0.324 e. The van der Waals surface area contributed by atoms with Gasteiger partial charge in [0.15, 0.2) is 0 Å². The van der Waals surface area contributed by atoms with Crippen LogP contribution in [0.1, 0.15) is 110 Å². The number of unbranched alkanes of at least 4 members (excludes halogenated alkanes) is 15. The lowest BCUT2D eigenvalue weighted by molar-refractivity contribution is -0.384. The van der Waals surface area contributed by atoms with Crippen molar-refractivity contribution >= 4 is 26.8 Å².